The van der Waals surface area contributed by atoms with Crippen molar-refractivity contribution in [1.29, 1.82) is 0 Å². The molecule has 1 heterocycles. The maximum Gasteiger partial charge on any atom is 0.417 e. The fraction of sp³-hybridized carbons (Fsp3) is 0.115. The van der Waals surface area contributed by atoms with Crippen molar-refractivity contribution >= 4 is 23.1 Å². The van der Waals surface area contributed by atoms with E-state index in [1.807, 2.05) is 0 Å². The second-order valence-corrected chi connectivity index (χ2v) is 7.96. The van der Waals surface area contributed by atoms with Crippen LogP contribution in [0.25, 0.3) is 11.3 Å². The van der Waals surface area contributed by atoms with Crippen LogP contribution in [0.15, 0.2) is 84.0 Å². The second-order valence-electron chi connectivity index (χ2n) is 7.96. The third-order valence-corrected chi connectivity index (χ3v) is 5.36. The summed E-state index contributed by atoms with van der Waals surface area (Å²) in [6, 6.07) is 18.1. The highest BCUT2D eigenvalue weighted by Gasteiger charge is 2.34. The molecule has 0 atom stereocenters. The molecule has 1 aromatic heterocycles. The van der Waals surface area contributed by atoms with Gasteiger partial charge < -0.3 is 16.2 Å². The number of benzene rings is 3. The van der Waals surface area contributed by atoms with Gasteiger partial charge in [0.2, 0.25) is 0 Å². The summed E-state index contributed by atoms with van der Waals surface area (Å²) in [6.07, 6.45) is -3.12. The van der Waals surface area contributed by atoms with E-state index in [0.717, 1.165) is 18.2 Å². The van der Waals surface area contributed by atoms with Gasteiger partial charge in [-0.2, -0.15) is 18.3 Å². The highest BCUT2D eigenvalue weighted by atomic mass is 19.4. The van der Waals surface area contributed by atoms with E-state index >= 15 is 0 Å². The number of rotatable bonds is 5. The average molecular weight is 493 g/mol. The number of nitrogens with zero attached hydrogens (tertiary/aromatic N) is 3. The van der Waals surface area contributed by atoms with Gasteiger partial charge in [0.25, 0.3) is 5.91 Å². The Bertz CT molecular complexity index is 1430. The zero-order chi connectivity index (χ0) is 25.9. The van der Waals surface area contributed by atoms with E-state index < -0.39 is 17.6 Å². The summed E-state index contributed by atoms with van der Waals surface area (Å²) in [5, 5.41) is 16.3. The predicted octanol–water partition coefficient (Wildman–Crippen LogP) is 4.69. The van der Waals surface area contributed by atoms with Crippen molar-refractivity contribution in [2.45, 2.75) is 12.8 Å². The summed E-state index contributed by atoms with van der Waals surface area (Å²) in [6.45, 7) is -0.258. The van der Waals surface area contributed by atoms with Crippen LogP contribution in [0.2, 0.25) is 0 Å². The molecule has 4 aromatic rings. The van der Waals surface area contributed by atoms with Crippen LogP contribution < -0.4 is 11.1 Å². The number of hydrogen-bond donors (Lipinski definition) is 3. The molecule has 7 nitrogen and oxygen atoms in total. The first kappa shape index (κ1) is 24.7. The predicted molar refractivity (Wildman–Crippen MR) is 131 cm³/mol. The smallest absolute Gasteiger partial charge is 0.398 e. The Kier molecular flexibility index (Phi) is 6.89. The van der Waals surface area contributed by atoms with Crippen LogP contribution in [-0.2, 0) is 19.8 Å². The molecule has 0 unspecified atom stereocenters. The number of aliphatic hydroxyl groups is 1. The van der Waals surface area contributed by atoms with Crippen LogP contribution in [0.1, 0.15) is 27.0 Å². The molecule has 0 aliphatic rings. The van der Waals surface area contributed by atoms with Crippen molar-refractivity contribution in [2.75, 3.05) is 5.73 Å². The number of carbonyl (C=O) groups excluding carboxylic acids is 1. The van der Waals surface area contributed by atoms with E-state index in [1.54, 1.807) is 55.6 Å². The molecule has 0 saturated carbocycles. The van der Waals surface area contributed by atoms with E-state index in [-0.39, 0.29) is 29.3 Å². The Morgan fingerprint density at radius 2 is 1.83 bits per heavy atom. The monoisotopic (exact) mass is 493 g/mol. The summed E-state index contributed by atoms with van der Waals surface area (Å²) in [5.41, 5.74) is 6.77. The molecule has 0 spiro atoms. The maximum atomic E-state index is 13.7. The highest BCUT2D eigenvalue weighted by molar-refractivity contribution is 6.15. The number of carbonyl (C=O) groups is 1. The second kappa shape index (κ2) is 10.0. The highest BCUT2D eigenvalue weighted by Crippen LogP contribution is 2.37. The van der Waals surface area contributed by atoms with E-state index in [4.69, 9.17) is 5.73 Å². The molecule has 0 bridgehead atoms. The number of para-hydroxylation sites is 1. The normalized spacial score (nSPS) is 12.0. The molecule has 0 fully saturated rings. The standard InChI is InChI=1S/C26H22F3N5O2/c1-34-12-11-23(33-34)19-14-17(8-9-21(19)26(27,28)29)25(36)32-24(31-18-5-3-2-4-6-18)20-13-16(15-35)7-10-22(20)30/h2-14,35H,15,30H2,1H3,(H,31,32,36). The van der Waals surface area contributed by atoms with Gasteiger partial charge in [0.15, 0.2) is 0 Å². The van der Waals surface area contributed by atoms with Gasteiger partial charge in [-0.15, -0.1) is 0 Å². The number of aromatic nitrogens is 2. The quantitative estimate of drug-likeness (QED) is 0.213. The van der Waals surface area contributed by atoms with Gasteiger partial charge in [-0.3, -0.25) is 9.48 Å². The van der Waals surface area contributed by atoms with Crippen molar-refractivity contribution in [1.82, 2.24) is 15.1 Å². The molecule has 4 N–H and O–H groups in total. The topological polar surface area (TPSA) is 106 Å². The molecule has 0 aliphatic carbocycles. The molecule has 0 radical (unpaired) electrons. The van der Waals surface area contributed by atoms with Gasteiger partial charge in [-0.25, -0.2) is 4.99 Å². The number of amidine groups is 1. The number of aryl methyl sites for hydroxylation is 1. The molecule has 1 amide bonds. The SMILES string of the molecule is Cn1ccc(-c2cc(C(=O)NC(=Nc3ccccc3)c3cc(CO)ccc3N)ccc2C(F)(F)F)n1. The van der Waals surface area contributed by atoms with Crippen molar-refractivity contribution in [2.24, 2.45) is 12.0 Å². The largest absolute Gasteiger partial charge is 0.417 e. The van der Waals surface area contributed by atoms with Crippen molar-refractivity contribution in [3.8, 4) is 11.3 Å². The van der Waals surface area contributed by atoms with Gasteiger partial charge in [0.05, 0.1) is 23.6 Å². The first-order chi connectivity index (χ1) is 17.2. The van der Waals surface area contributed by atoms with Crippen molar-refractivity contribution < 1.29 is 23.1 Å². The maximum absolute atomic E-state index is 13.7. The van der Waals surface area contributed by atoms with Gasteiger partial charge in [-0.1, -0.05) is 24.3 Å². The van der Waals surface area contributed by atoms with Gasteiger partial charge in [0, 0.05) is 35.6 Å². The minimum atomic E-state index is -4.64. The van der Waals surface area contributed by atoms with Crippen LogP contribution in [0.3, 0.4) is 0 Å². The summed E-state index contributed by atoms with van der Waals surface area (Å²) < 4.78 is 42.4. The number of amides is 1. The number of anilines is 1. The summed E-state index contributed by atoms with van der Waals surface area (Å²) in [5.74, 6) is -0.609. The minimum absolute atomic E-state index is 0.0266. The number of nitrogens with two attached hydrogens (primary N) is 1. The van der Waals surface area contributed by atoms with E-state index in [0.29, 0.717) is 22.5 Å². The van der Waals surface area contributed by atoms with Crippen molar-refractivity contribution in [3.63, 3.8) is 0 Å². The lowest BCUT2D eigenvalue weighted by atomic mass is 10.00. The van der Waals surface area contributed by atoms with Gasteiger partial charge >= 0.3 is 6.18 Å². The lowest BCUT2D eigenvalue weighted by molar-refractivity contribution is -0.137. The Balaban J connectivity index is 1.77. The number of alkyl halides is 3. The fourth-order valence-corrected chi connectivity index (χ4v) is 3.58. The summed E-state index contributed by atoms with van der Waals surface area (Å²) in [7, 11) is 1.59. The lowest BCUT2D eigenvalue weighted by Gasteiger charge is -2.15. The molecule has 0 aliphatic heterocycles. The number of aliphatic hydroxyl groups excluding tert-OH is 1. The van der Waals surface area contributed by atoms with Crippen LogP contribution in [-0.4, -0.2) is 26.6 Å². The lowest BCUT2D eigenvalue weighted by Crippen LogP contribution is -2.32. The number of nitrogens with one attached hydrogen (secondary N) is 1. The Morgan fingerprint density at radius 3 is 2.47 bits per heavy atom. The van der Waals surface area contributed by atoms with Crippen LogP contribution >= 0.6 is 0 Å². The molecule has 10 heteroatoms. The van der Waals surface area contributed by atoms with E-state index in [2.05, 4.69) is 15.4 Å². The Hall–Kier alpha value is -4.44. The third kappa shape index (κ3) is 5.44. The van der Waals surface area contributed by atoms with Crippen LogP contribution in [0.5, 0.6) is 0 Å². The summed E-state index contributed by atoms with van der Waals surface area (Å²) in [4.78, 5) is 17.7. The fourth-order valence-electron chi connectivity index (χ4n) is 3.58. The van der Waals surface area contributed by atoms with E-state index in [1.165, 1.54) is 16.9 Å². The van der Waals surface area contributed by atoms with Crippen molar-refractivity contribution in [3.05, 3.63) is 101 Å². The molecule has 3 aromatic carbocycles. The number of hydrogen-bond acceptors (Lipinski definition) is 5. The molecule has 4 rings (SSSR count). The van der Waals surface area contributed by atoms with Gasteiger partial charge in [-0.05, 0) is 54.1 Å². The van der Waals surface area contributed by atoms with Crippen LogP contribution in [0.4, 0.5) is 24.5 Å². The molecule has 0 saturated heterocycles. The summed E-state index contributed by atoms with van der Waals surface area (Å²) >= 11 is 0. The minimum Gasteiger partial charge on any atom is -0.398 e. The average Bonchev–Trinajstić information content (AvgIpc) is 3.30. The number of aliphatic imine (C=N–C) groups is 1. The zero-order valence-electron chi connectivity index (χ0n) is 19.1. The van der Waals surface area contributed by atoms with Crippen LogP contribution in [0, 0.1) is 0 Å². The molecular weight excluding hydrogens is 471 g/mol. The number of nitrogen functional groups attached to an aromatic ring is 1. The molecule has 36 heavy (non-hydrogen) atoms. The third-order valence-electron chi connectivity index (χ3n) is 5.36. The first-order valence-corrected chi connectivity index (χ1v) is 10.8. The zero-order valence-corrected chi connectivity index (χ0v) is 19.1. The van der Waals surface area contributed by atoms with E-state index in [9.17, 15) is 23.1 Å². The molecular formula is C26H22F3N5O2. The number of halogens is 3. The van der Waals surface area contributed by atoms with Gasteiger partial charge in [0.1, 0.15) is 5.84 Å². The first-order valence-electron chi connectivity index (χ1n) is 10.8. The molecule has 184 valence electrons. The Morgan fingerprint density at radius 1 is 1.08 bits per heavy atom. The Labute approximate surface area is 204 Å².